The zero-order valence-corrected chi connectivity index (χ0v) is 5.69. The Balaban J connectivity index is 2.90. The van der Waals surface area contributed by atoms with Crippen LogP contribution in [0.1, 0.15) is 13.8 Å². The van der Waals surface area contributed by atoms with Crippen molar-refractivity contribution >= 4 is 5.97 Å². The standard InChI is InChI=1S/C6H7F2NO/c1-3-5(7)9-4(2)10-6(3)8/h4H,1-2H3. The SMILES string of the molecule is CC1=C(F)OC(C)N=C1F. The molecule has 0 amide bonds. The summed E-state index contributed by atoms with van der Waals surface area (Å²) in [6.45, 7) is 2.74. The van der Waals surface area contributed by atoms with Crippen LogP contribution in [-0.2, 0) is 4.74 Å². The van der Waals surface area contributed by atoms with E-state index in [2.05, 4.69) is 9.73 Å². The maximum absolute atomic E-state index is 12.5. The van der Waals surface area contributed by atoms with Gasteiger partial charge in [-0.2, -0.15) is 8.78 Å². The van der Waals surface area contributed by atoms with Crippen LogP contribution in [0, 0.1) is 0 Å². The first kappa shape index (κ1) is 7.18. The van der Waals surface area contributed by atoms with Crippen molar-refractivity contribution in [3.63, 3.8) is 0 Å². The van der Waals surface area contributed by atoms with Gasteiger partial charge in [0.1, 0.15) is 0 Å². The molecule has 10 heavy (non-hydrogen) atoms. The molecule has 1 aliphatic heterocycles. The van der Waals surface area contributed by atoms with Gasteiger partial charge in [-0.15, -0.1) is 0 Å². The third-order valence-electron chi connectivity index (χ3n) is 1.17. The van der Waals surface area contributed by atoms with E-state index in [0.717, 1.165) is 0 Å². The summed E-state index contributed by atoms with van der Waals surface area (Å²) in [7, 11) is 0. The zero-order valence-electron chi connectivity index (χ0n) is 5.69. The first-order valence-corrected chi connectivity index (χ1v) is 2.88. The average Bonchev–Trinajstić information content (AvgIpc) is 1.82. The van der Waals surface area contributed by atoms with E-state index in [0.29, 0.717) is 0 Å². The van der Waals surface area contributed by atoms with Gasteiger partial charge in [0.2, 0.25) is 5.97 Å². The summed E-state index contributed by atoms with van der Waals surface area (Å²) in [5.74, 6) is -0.781. The highest BCUT2D eigenvalue weighted by atomic mass is 19.1. The molecule has 0 fully saturated rings. The largest absolute Gasteiger partial charge is 0.445 e. The Morgan fingerprint density at radius 3 is 2.60 bits per heavy atom. The molecule has 0 saturated heterocycles. The van der Waals surface area contributed by atoms with Crippen molar-refractivity contribution in [1.29, 1.82) is 0 Å². The van der Waals surface area contributed by atoms with Gasteiger partial charge in [0.25, 0.3) is 6.01 Å². The Bertz CT molecular complexity index is 210. The lowest BCUT2D eigenvalue weighted by Crippen LogP contribution is -2.13. The number of rotatable bonds is 0. The van der Waals surface area contributed by atoms with Crippen LogP contribution in [0.5, 0.6) is 0 Å². The molecule has 1 atom stereocenters. The highest BCUT2D eigenvalue weighted by Gasteiger charge is 2.18. The van der Waals surface area contributed by atoms with Crippen molar-refractivity contribution in [2.75, 3.05) is 0 Å². The predicted molar refractivity (Wildman–Crippen MR) is 32.9 cm³/mol. The van der Waals surface area contributed by atoms with Crippen LogP contribution in [0.2, 0.25) is 0 Å². The fourth-order valence-electron chi connectivity index (χ4n) is 0.602. The van der Waals surface area contributed by atoms with E-state index >= 15 is 0 Å². The third-order valence-corrected chi connectivity index (χ3v) is 1.17. The molecule has 1 rings (SSSR count). The Morgan fingerprint density at radius 1 is 1.50 bits per heavy atom. The van der Waals surface area contributed by atoms with Gasteiger partial charge >= 0.3 is 0 Å². The number of ether oxygens (including phenoxy) is 1. The third kappa shape index (κ3) is 1.15. The minimum absolute atomic E-state index is 0.168. The molecule has 0 aliphatic carbocycles. The molecular weight excluding hydrogens is 140 g/mol. The van der Waals surface area contributed by atoms with Crippen molar-refractivity contribution in [1.82, 2.24) is 0 Å². The van der Waals surface area contributed by atoms with Crippen LogP contribution in [0.15, 0.2) is 16.6 Å². The second-order valence-corrected chi connectivity index (χ2v) is 2.04. The molecule has 1 heterocycles. The van der Waals surface area contributed by atoms with Crippen LogP contribution in [0.3, 0.4) is 0 Å². The van der Waals surface area contributed by atoms with E-state index in [1.807, 2.05) is 0 Å². The average molecular weight is 147 g/mol. The van der Waals surface area contributed by atoms with Crippen molar-refractivity contribution < 1.29 is 13.5 Å². The number of allylic oxidation sites excluding steroid dienone is 1. The summed E-state index contributed by atoms with van der Waals surface area (Å²) in [5, 5.41) is 0. The van der Waals surface area contributed by atoms with Crippen LogP contribution < -0.4 is 0 Å². The van der Waals surface area contributed by atoms with E-state index < -0.39 is 18.2 Å². The summed E-state index contributed by atoms with van der Waals surface area (Å²) in [6.07, 6.45) is -0.747. The van der Waals surface area contributed by atoms with E-state index in [1.165, 1.54) is 13.8 Å². The zero-order chi connectivity index (χ0) is 7.72. The van der Waals surface area contributed by atoms with Crippen molar-refractivity contribution in [2.45, 2.75) is 20.1 Å². The van der Waals surface area contributed by atoms with Crippen LogP contribution in [-0.4, -0.2) is 12.2 Å². The van der Waals surface area contributed by atoms with E-state index in [-0.39, 0.29) is 5.57 Å². The number of halogens is 2. The smallest absolute Gasteiger partial charge is 0.282 e. The molecule has 0 aromatic rings. The summed E-state index contributed by atoms with van der Waals surface area (Å²) >= 11 is 0. The molecule has 0 aromatic carbocycles. The maximum Gasteiger partial charge on any atom is 0.282 e. The van der Waals surface area contributed by atoms with Gasteiger partial charge in [-0.3, -0.25) is 0 Å². The molecule has 0 aromatic heterocycles. The molecule has 0 spiro atoms. The Kier molecular flexibility index (Phi) is 1.70. The fourth-order valence-corrected chi connectivity index (χ4v) is 0.602. The number of hydrogen-bond acceptors (Lipinski definition) is 2. The summed E-state index contributed by atoms with van der Waals surface area (Å²) in [5.41, 5.74) is -0.168. The van der Waals surface area contributed by atoms with Gasteiger partial charge in [-0.25, -0.2) is 4.99 Å². The van der Waals surface area contributed by atoms with Crippen LogP contribution in [0.4, 0.5) is 8.78 Å². The highest BCUT2D eigenvalue weighted by molar-refractivity contribution is 5.92. The lowest BCUT2D eigenvalue weighted by molar-refractivity contribution is 0.0790. The van der Waals surface area contributed by atoms with E-state index in [4.69, 9.17) is 0 Å². The normalized spacial score (nSPS) is 26.0. The molecule has 2 nitrogen and oxygen atoms in total. The highest BCUT2D eigenvalue weighted by Crippen LogP contribution is 2.18. The van der Waals surface area contributed by atoms with E-state index in [9.17, 15) is 8.78 Å². The Labute approximate surface area is 57.2 Å². The molecule has 1 unspecified atom stereocenters. The van der Waals surface area contributed by atoms with Gasteiger partial charge in [0.15, 0.2) is 6.23 Å². The lowest BCUT2D eigenvalue weighted by Gasteiger charge is -2.14. The molecule has 0 radical (unpaired) electrons. The minimum Gasteiger partial charge on any atom is -0.445 e. The molecule has 0 saturated carbocycles. The number of nitrogens with zero attached hydrogens (tertiary/aromatic N) is 1. The first-order chi connectivity index (χ1) is 4.61. The topological polar surface area (TPSA) is 21.6 Å². The Hall–Kier alpha value is -0.930. The van der Waals surface area contributed by atoms with Gasteiger partial charge in [-0.1, -0.05) is 0 Å². The summed E-state index contributed by atoms with van der Waals surface area (Å²) in [6, 6.07) is -0.875. The van der Waals surface area contributed by atoms with Crippen molar-refractivity contribution in [2.24, 2.45) is 4.99 Å². The van der Waals surface area contributed by atoms with Crippen molar-refractivity contribution in [3.8, 4) is 0 Å². The fraction of sp³-hybridized carbons (Fsp3) is 0.500. The van der Waals surface area contributed by atoms with Crippen LogP contribution in [0.25, 0.3) is 0 Å². The summed E-state index contributed by atoms with van der Waals surface area (Å²) < 4.78 is 29.3. The summed E-state index contributed by atoms with van der Waals surface area (Å²) in [4.78, 5) is 3.34. The molecule has 0 bridgehead atoms. The van der Waals surface area contributed by atoms with Gasteiger partial charge in [0.05, 0.1) is 5.57 Å². The van der Waals surface area contributed by atoms with E-state index in [1.54, 1.807) is 0 Å². The molecule has 56 valence electrons. The van der Waals surface area contributed by atoms with Crippen molar-refractivity contribution in [3.05, 3.63) is 11.6 Å². The van der Waals surface area contributed by atoms with Crippen LogP contribution >= 0.6 is 0 Å². The van der Waals surface area contributed by atoms with Gasteiger partial charge in [-0.05, 0) is 13.8 Å². The predicted octanol–water partition coefficient (Wildman–Crippen LogP) is 1.93. The molecule has 0 N–H and O–H groups in total. The molecule has 1 aliphatic rings. The lowest BCUT2D eigenvalue weighted by atomic mass is 10.3. The maximum atomic E-state index is 12.5. The first-order valence-electron chi connectivity index (χ1n) is 2.88. The van der Waals surface area contributed by atoms with Gasteiger partial charge in [0, 0.05) is 0 Å². The molecule has 4 heteroatoms. The second-order valence-electron chi connectivity index (χ2n) is 2.04. The van der Waals surface area contributed by atoms with Gasteiger partial charge < -0.3 is 4.74 Å². The second kappa shape index (κ2) is 2.36. The monoisotopic (exact) mass is 147 g/mol. The number of hydrogen-bond donors (Lipinski definition) is 0. The quantitative estimate of drug-likeness (QED) is 0.513. The minimum atomic E-state index is -0.875. The Morgan fingerprint density at radius 2 is 2.10 bits per heavy atom. The molecular formula is C6H7F2NO. The number of aliphatic imine (C=N–C) groups is 1.